The Labute approximate surface area is 143 Å². The van der Waals surface area contributed by atoms with E-state index in [0.717, 1.165) is 30.6 Å². The van der Waals surface area contributed by atoms with E-state index in [9.17, 15) is 4.79 Å². The Kier molecular flexibility index (Phi) is 4.01. The molecule has 1 saturated carbocycles. The third-order valence-corrected chi connectivity index (χ3v) is 4.86. The van der Waals surface area contributed by atoms with Crippen LogP contribution in [0.2, 0.25) is 5.02 Å². The van der Waals surface area contributed by atoms with E-state index in [1.54, 1.807) is 0 Å². The molecule has 0 atom stereocenters. The van der Waals surface area contributed by atoms with Crippen molar-refractivity contribution in [1.29, 1.82) is 0 Å². The molecule has 3 nitrogen and oxygen atoms in total. The molecule has 3 rings (SSSR count). The molecule has 1 heterocycles. The summed E-state index contributed by atoms with van der Waals surface area (Å²) in [6, 6.07) is 7.64. The first-order valence-corrected chi connectivity index (χ1v) is 8.42. The number of rotatable bonds is 3. The monoisotopic (exact) mass is 330 g/mol. The molecule has 1 aliphatic heterocycles. The second-order valence-corrected chi connectivity index (χ2v) is 7.78. The van der Waals surface area contributed by atoms with Crippen LogP contribution in [0.1, 0.15) is 39.2 Å². The number of nitrogens with zero attached hydrogens (tertiary/aromatic N) is 1. The first-order valence-electron chi connectivity index (χ1n) is 8.04. The van der Waals surface area contributed by atoms with Crippen LogP contribution in [0.25, 0.3) is 0 Å². The Hall–Kier alpha value is -1.74. The summed E-state index contributed by atoms with van der Waals surface area (Å²) in [5.74, 6) is 0.0693. The average molecular weight is 331 g/mol. The van der Waals surface area contributed by atoms with Gasteiger partial charge in [-0.3, -0.25) is 4.79 Å². The number of hydrogen-bond acceptors (Lipinski definition) is 2. The maximum atomic E-state index is 12.7. The SMILES string of the molecule is CC(C)(C)N1C=CC(NC(=O)C2(c3cccc(Cl)c3)CC2)=CC1. The highest BCUT2D eigenvalue weighted by Gasteiger charge is 2.51. The topological polar surface area (TPSA) is 32.3 Å². The van der Waals surface area contributed by atoms with Gasteiger partial charge >= 0.3 is 0 Å². The fraction of sp³-hybridized carbons (Fsp3) is 0.421. The molecule has 1 fully saturated rings. The van der Waals surface area contributed by atoms with Crippen molar-refractivity contribution in [2.45, 2.75) is 44.6 Å². The van der Waals surface area contributed by atoms with E-state index in [0.29, 0.717) is 5.02 Å². The Morgan fingerprint density at radius 2 is 2.04 bits per heavy atom. The minimum atomic E-state index is -0.402. The average Bonchev–Trinajstić information content (AvgIpc) is 3.28. The van der Waals surface area contributed by atoms with Gasteiger partial charge in [0.15, 0.2) is 0 Å². The molecule has 122 valence electrons. The molecular weight excluding hydrogens is 308 g/mol. The summed E-state index contributed by atoms with van der Waals surface area (Å²) in [7, 11) is 0. The Morgan fingerprint density at radius 3 is 2.57 bits per heavy atom. The zero-order chi connectivity index (χ0) is 16.7. The zero-order valence-electron chi connectivity index (χ0n) is 13.9. The predicted octanol–water partition coefficient (Wildman–Crippen LogP) is 4.00. The highest BCUT2D eigenvalue weighted by molar-refractivity contribution is 6.30. The maximum Gasteiger partial charge on any atom is 0.235 e. The largest absolute Gasteiger partial charge is 0.369 e. The normalized spacial score (nSPS) is 19.3. The summed E-state index contributed by atoms with van der Waals surface area (Å²) in [6.07, 6.45) is 7.85. The number of benzene rings is 1. The molecule has 1 amide bonds. The van der Waals surface area contributed by atoms with Gasteiger partial charge in [0.2, 0.25) is 5.91 Å². The van der Waals surface area contributed by atoms with E-state index in [4.69, 9.17) is 11.6 Å². The van der Waals surface area contributed by atoms with E-state index in [1.165, 1.54) is 0 Å². The zero-order valence-corrected chi connectivity index (χ0v) is 14.7. The molecule has 0 bridgehead atoms. The fourth-order valence-corrected chi connectivity index (χ4v) is 3.09. The molecule has 1 aromatic rings. The van der Waals surface area contributed by atoms with Crippen LogP contribution in [0.5, 0.6) is 0 Å². The van der Waals surface area contributed by atoms with Crippen LogP contribution in [0.15, 0.2) is 48.3 Å². The maximum absolute atomic E-state index is 12.7. The summed E-state index contributed by atoms with van der Waals surface area (Å²) < 4.78 is 0. The number of allylic oxidation sites excluding steroid dienone is 1. The number of carbonyl (C=O) groups excluding carboxylic acids is 1. The van der Waals surface area contributed by atoms with Gasteiger partial charge in [-0.2, -0.15) is 0 Å². The molecule has 23 heavy (non-hydrogen) atoms. The number of halogens is 1. The number of hydrogen-bond donors (Lipinski definition) is 1. The highest BCUT2D eigenvalue weighted by atomic mass is 35.5. The summed E-state index contributed by atoms with van der Waals surface area (Å²) in [4.78, 5) is 15.0. The Balaban J connectivity index is 1.69. The van der Waals surface area contributed by atoms with Crippen molar-refractivity contribution < 1.29 is 4.79 Å². The minimum absolute atomic E-state index is 0.0693. The van der Waals surface area contributed by atoms with Crippen molar-refractivity contribution in [3.05, 3.63) is 58.9 Å². The lowest BCUT2D eigenvalue weighted by Gasteiger charge is -2.35. The standard InChI is InChI=1S/C19H23ClN2O/c1-18(2,3)22-11-7-16(8-12-22)21-17(23)19(9-10-19)14-5-4-6-15(20)13-14/h4-8,11,13H,9-10,12H2,1-3H3,(H,21,23). The smallest absolute Gasteiger partial charge is 0.235 e. The summed E-state index contributed by atoms with van der Waals surface area (Å²) >= 11 is 6.07. The fourth-order valence-electron chi connectivity index (χ4n) is 2.89. The highest BCUT2D eigenvalue weighted by Crippen LogP contribution is 2.49. The van der Waals surface area contributed by atoms with Gasteiger partial charge in [-0.1, -0.05) is 23.7 Å². The molecule has 1 N–H and O–H groups in total. The first-order chi connectivity index (χ1) is 10.8. The molecule has 2 aliphatic rings. The van der Waals surface area contributed by atoms with Crippen molar-refractivity contribution in [2.24, 2.45) is 0 Å². The van der Waals surface area contributed by atoms with Gasteiger partial charge in [0.1, 0.15) is 0 Å². The second kappa shape index (κ2) is 5.72. The first kappa shape index (κ1) is 16.1. The summed E-state index contributed by atoms with van der Waals surface area (Å²) in [5.41, 5.74) is 1.57. The second-order valence-electron chi connectivity index (χ2n) is 7.34. The number of amides is 1. The van der Waals surface area contributed by atoms with Crippen molar-refractivity contribution in [1.82, 2.24) is 10.2 Å². The van der Waals surface area contributed by atoms with Crippen LogP contribution < -0.4 is 5.32 Å². The molecular formula is C19H23ClN2O. The van der Waals surface area contributed by atoms with Gasteiger partial charge in [0, 0.05) is 29.0 Å². The van der Waals surface area contributed by atoms with E-state index >= 15 is 0 Å². The van der Waals surface area contributed by atoms with E-state index in [1.807, 2.05) is 30.3 Å². The summed E-state index contributed by atoms with van der Waals surface area (Å²) in [5, 5.41) is 3.76. The predicted molar refractivity (Wildman–Crippen MR) is 94.2 cm³/mol. The minimum Gasteiger partial charge on any atom is -0.369 e. The lowest BCUT2D eigenvalue weighted by atomic mass is 9.95. The van der Waals surface area contributed by atoms with Crippen molar-refractivity contribution >= 4 is 17.5 Å². The third-order valence-electron chi connectivity index (χ3n) is 4.62. The van der Waals surface area contributed by atoms with Gasteiger partial charge in [0.25, 0.3) is 0 Å². The van der Waals surface area contributed by atoms with Crippen LogP contribution in [0, 0.1) is 0 Å². The van der Waals surface area contributed by atoms with Crippen LogP contribution >= 0.6 is 11.6 Å². The molecule has 4 heteroatoms. The molecule has 1 aromatic carbocycles. The van der Waals surface area contributed by atoms with Crippen LogP contribution in [0.4, 0.5) is 0 Å². The number of carbonyl (C=O) groups is 1. The molecule has 0 spiro atoms. The van der Waals surface area contributed by atoms with Gasteiger partial charge in [-0.15, -0.1) is 0 Å². The quantitative estimate of drug-likeness (QED) is 0.908. The lowest BCUT2D eigenvalue weighted by molar-refractivity contribution is -0.122. The van der Waals surface area contributed by atoms with Gasteiger partial charge in [0.05, 0.1) is 5.41 Å². The van der Waals surface area contributed by atoms with Crippen molar-refractivity contribution in [3.63, 3.8) is 0 Å². The third kappa shape index (κ3) is 3.30. The molecule has 0 radical (unpaired) electrons. The Morgan fingerprint density at radius 1 is 1.30 bits per heavy atom. The van der Waals surface area contributed by atoms with Crippen molar-refractivity contribution in [2.75, 3.05) is 6.54 Å². The van der Waals surface area contributed by atoms with E-state index in [2.05, 4.69) is 43.3 Å². The van der Waals surface area contributed by atoms with Crippen LogP contribution in [0.3, 0.4) is 0 Å². The van der Waals surface area contributed by atoms with E-state index in [-0.39, 0.29) is 11.4 Å². The molecule has 1 aliphatic carbocycles. The summed E-state index contributed by atoms with van der Waals surface area (Å²) in [6.45, 7) is 7.33. The Bertz CT molecular complexity index is 681. The van der Waals surface area contributed by atoms with Gasteiger partial charge in [-0.25, -0.2) is 0 Å². The van der Waals surface area contributed by atoms with Crippen LogP contribution in [-0.4, -0.2) is 22.9 Å². The van der Waals surface area contributed by atoms with Crippen LogP contribution in [-0.2, 0) is 10.2 Å². The lowest BCUT2D eigenvalue weighted by Crippen LogP contribution is -2.40. The van der Waals surface area contributed by atoms with Gasteiger partial charge < -0.3 is 10.2 Å². The molecule has 0 unspecified atom stereocenters. The van der Waals surface area contributed by atoms with Gasteiger partial charge in [-0.05, 0) is 63.5 Å². The molecule has 0 saturated heterocycles. The molecule has 0 aromatic heterocycles. The van der Waals surface area contributed by atoms with Crippen molar-refractivity contribution in [3.8, 4) is 0 Å². The van der Waals surface area contributed by atoms with E-state index < -0.39 is 5.41 Å². The number of nitrogens with one attached hydrogen (secondary N) is 1.